The van der Waals surface area contributed by atoms with Crippen molar-refractivity contribution in [3.8, 4) is 0 Å². The fourth-order valence-electron chi connectivity index (χ4n) is 0.859. The maximum absolute atomic E-state index is 11.4. The van der Waals surface area contributed by atoms with E-state index in [2.05, 4.69) is 10.3 Å². The van der Waals surface area contributed by atoms with Crippen LogP contribution in [0.15, 0.2) is 11.6 Å². The standard InChI is InChI=1S/C8H13N3OS2.ClH/c1-13-4-2-6(9)7(12)11-8-10-3-5-14-8;/h3,5-6H,2,4,9H2,1H3,(H,10,11,12);1H/t6-;/m0./s1. The molecule has 1 aromatic heterocycles. The Balaban J connectivity index is 0.00000196. The van der Waals surface area contributed by atoms with E-state index in [1.54, 1.807) is 18.0 Å². The van der Waals surface area contributed by atoms with Crippen molar-refractivity contribution in [1.29, 1.82) is 0 Å². The third-order valence-electron chi connectivity index (χ3n) is 1.63. The van der Waals surface area contributed by atoms with Gasteiger partial charge in [-0.05, 0) is 18.4 Å². The lowest BCUT2D eigenvalue weighted by Crippen LogP contribution is -2.36. The molecule has 1 rings (SSSR count). The molecule has 0 radical (unpaired) electrons. The van der Waals surface area contributed by atoms with Gasteiger partial charge in [0.2, 0.25) is 5.91 Å². The van der Waals surface area contributed by atoms with Gasteiger partial charge in [0.1, 0.15) is 0 Å². The molecule has 0 aliphatic heterocycles. The molecule has 0 fully saturated rings. The Labute approximate surface area is 103 Å². The van der Waals surface area contributed by atoms with Gasteiger partial charge in [-0.1, -0.05) is 0 Å². The van der Waals surface area contributed by atoms with Crippen molar-refractivity contribution < 1.29 is 4.79 Å². The Bertz CT molecular complexity index is 281. The normalized spacial score (nSPS) is 11.6. The first-order valence-electron chi connectivity index (χ1n) is 4.19. The number of nitrogens with one attached hydrogen (secondary N) is 1. The molecule has 7 heteroatoms. The molecule has 1 atom stereocenters. The summed E-state index contributed by atoms with van der Waals surface area (Å²) in [5.74, 6) is 0.737. The summed E-state index contributed by atoms with van der Waals surface area (Å²) in [7, 11) is 0. The van der Waals surface area contributed by atoms with Crippen molar-refractivity contribution in [1.82, 2.24) is 4.98 Å². The summed E-state index contributed by atoms with van der Waals surface area (Å²) in [6.45, 7) is 0. The number of thiazole rings is 1. The van der Waals surface area contributed by atoms with Crippen molar-refractivity contribution in [2.24, 2.45) is 5.73 Å². The number of rotatable bonds is 5. The van der Waals surface area contributed by atoms with Crippen molar-refractivity contribution in [2.75, 3.05) is 17.3 Å². The van der Waals surface area contributed by atoms with Gasteiger partial charge in [0, 0.05) is 11.6 Å². The van der Waals surface area contributed by atoms with Gasteiger partial charge in [0.25, 0.3) is 0 Å². The Kier molecular flexibility index (Phi) is 7.76. The molecule has 0 aromatic carbocycles. The molecular formula is C8H14ClN3OS2. The lowest BCUT2D eigenvalue weighted by Gasteiger charge is -2.09. The maximum atomic E-state index is 11.4. The molecule has 1 aromatic rings. The molecule has 1 heterocycles. The second-order valence-electron chi connectivity index (χ2n) is 2.71. The summed E-state index contributed by atoms with van der Waals surface area (Å²) in [5, 5.41) is 5.08. The van der Waals surface area contributed by atoms with E-state index in [1.165, 1.54) is 11.3 Å². The predicted molar refractivity (Wildman–Crippen MR) is 69.0 cm³/mol. The monoisotopic (exact) mass is 267 g/mol. The van der Waals surface area contributed by atoms with Crippen molar-refractivity contribution in [3.05, 3.63) is 11.6 Å². The zero-order chi connectivity index (χ0) is 10.4. The second-order valence-corrected chi connectivity index (χ2v) is 4.59. The number of hydrogen-bond donors (Lipinski definition) is 2. The molecule has 0 unspecified atom stereocenters. The van der Waals surface area contributed by atoms with Gasteiger partial charge in [-0.2, -0.15) is 11.8 Å². The van der Waals surface area contributed by atoms with E-state index < -0.39 is 6.04 Å². The zero-order valence-electron chi connectivity index (χ0n) is 8.30. The number of thioether (sulfide) groups is 1. The Hall–Kier alpha value is -0.300. The Morgan fingerprint density at radius 3 is 3.07 bits per heavy atom. The lowest BCUT2D eigenvalue weighted by molar-refractivity contribution is -0.117. The van der Waals surface area contributed by atoms with Crippen LogP contribution in [0.3, 0.4) is 0 Å². The molecule has 0 saturated heterocycles. The third kappa shape index (κ3) is 5.36. The Morgan fingerprint density at radius 1 is 1.80 bits per heavy atom. The minimum Gasteiger partial charge on any atom is -0.320 e. The zero-order valence-corrected chi connectivity index (χ0v) is 10.8. The van der Waals surface area contributed by atoms with Crippen LogP contribution in [0.25, 0.3) is 0 Å². The fourth-order valence-corrected chi connectivity index (χ4v) is 1.88. The number of aromatic nitrogens is 1. The van der Waals surface area contributed by atoms with E-state index in [-0.39, 0.29) is 18.3 Å². The Morgan fingerprint density at radius 2 is 2.53 bits per heavy atom. The first-order chi connectivity index (χ1) is 6.74. The number of amides is 1. The van der Waals surface area contributed by atoms with Crippen LogP contribution >= 0.6 is 35.5 Å². The molecule has 0 aliphatic rings. The lowest BCUT2D eigenvalue weighted by atomic mass is 10.2. The third-order valence-corrected chi connectivity index (χ3v) is 2.96. The van der Waals surface area contributed by atoms with Gasteiger partial charge in [-0.15, -0.1) is 23.7 Å². The highest BCUT2D eigenvalue weighted by Crippen LogP contribution is 2.10. The van der Waals surface area contributed by atoms with Crippen molar-refractivity contribution >= 4 is 46.5 Å². The van der Waals surface area contributed by atoms with Crippen LogP contribution in [-0.4, -0.2) is 28.9 Å². The highest BCUT2D eigenvalue weighted by molar-refractivity contribution is 7.98. The average molecular weight is 268 g/mol. The largest absolute Gasteiger partial charge is 0.320 e. The van der Waals surface area contributed by atoms with Crippen LogP contribution in [0, 0.1) is 0 Å². The maximum Gasteiger partial charge on any atom is 0.243 e. The number of halogens is 1. The van der Waals surface area contributed by atoms with E-state index in [1.807, 2.05) is 11.6 Å². The smallest absolute Gasteiger partial charge is 0.243 e. The average Bonchev–Trinajstić information content (AvgIpc) is 2.66. The van der Waals surface area contributed by atoms with Crippen molar-refractivity contribution in [3.63, 3.8) is 0 Å². The molecule has 4 nitrogen and oxygen atoms in total. The first-order valence-corrected chi connectivity index (χ1v) is 6.46. The molecule has 0 saturated carbocycles. The van der Waals surface area contributed by atoms with Gasteiger partial charge in [-0.25, -0.2) is 4.98 Å². The summed E-state index contributed by atoms with van der Waals surface area (Å²) in [4.78, 5) is 15.4. The van der Waals surface area contributed by atoms with Gasteiger partial charge in [-0.3, -0.25) is 4.79 Å². The van der Waals surface area contributed by atoms with Crippen LogP contribution < -0.4 is 11.1 Å². The highest BCUT2D eigenvalue weighted by atomic mass is 35.5. The molecule has 0 bridgehead atoms. The number of hydrogen-bond acceptors (Lipinski definition) is 5. The van der Waals surface area contributed by atoms with E-state index in [0.29, 0.717) is 11.6 Å². The molecule has 3 N–H and O–H groups in total. The van der Waals surface area contributed by atoms with Crippen LogP contribution in [-0.2, 0) is 4.79 Å². The minimum atomic E-state index is -0.439. The van der Waals surface area contributed by atoms with Gasteiger partial charge in [0.15, 0.2) is 5.13 Å². The fraction of sp³-hybridized carbons (Fsp3) is 0.500. The van der Waals surface area contributed by atoms with Crippen molar-refractivity contribution in [2.45, 2.75) is 12.5 Å². The van der Waals surface area contributed by atoms with E-state index in [4.69, 9.17) is 5.73 Å². The van der Waals surface area contributed by atoms with E-state index in [0.717, 1.165) is 5.75 Å². The van der Waals surface area contributed by atoms with E-state index in [9.17, 15) is 4.79 Å². The summed E-state index contributed by atoms with van der Waals surface area (Å²) < 4.78 is 0. The molecular weight excluding hydrogens is 254 g/mol. The van der Waals surface area contributed by atoms with Gasteiger partial charge < -0.3 is 11.1 Å². The molecule has 0 aliphatic carbocycles. The summed E-state index contributed by atoms with van der Waals surface area (Å²) in [5.41, 5.74) is 5.67. The number of anilines is 1. The van der Waals surface area contributed by atoms with Crippen LogP contribution in [0.2, 0.25) is 0 Å². The first kappa shape index (κ1) is 14.7. The summed E-state index contributed by atoms with van der Waals surface area (Å²) in [6.07, 6.45) is 4.33. The topological polar surface area (TPSA) is 68.0 Å². The number of carbonyl (C=O) groups is 1. The van der Waals surface area contributed by atoms with Gasteiger partial charge in [0.05, 0.1) is 6.04 Å². The second kappa shape index (κ2) is 7.92. The number of nitrogens with two attached hydrogens (primary N) is 1. The minimum absolute atomic E-state index is 0. The molecule has 86 valence electrons. The number of nitrogens with zero attached hydrogens (tertiary/aromatic N) is 1. The predicted octanol–water partition coefficient (Wildman–Crippen LogP) is 1.58. The molecule has 1 amide bonds. The number of carbonyl (C=O) groups excluding carboxylic acids is 1. The molecule has 0 spiro atoms. The van der Waals surface area contributed by atoms with Crippen LogP contribution in [0.5, 0.6) is 0 Å². The van der Waals surface area contributed by atoms with Crippen LogP contribution in [0.4, 0.5) is 5.13 Å². The molecule has 15 heavy (non-hydrogen) atoms. The highest BCUT2D eigenvalue weighted by Gasteiger charge is 2.13. The quantitative estimate of drug-likeness (QED) is 0.850. The van der Waals surface area contributed by atoms with Gasteiger partial charge >= 0.3 is 0 Å². The van der Waals surface area contributed by atoms with Crippen LogP contribution in [0.1, 0.15) is 6.42 Å². The SMILES string of the molecule is CSCC[C@H](N)C(=O)Nc1nccs1.Cl. The summed E-state index contributed by atoms with van der Waals surface area (Å²) >= 11 is 3.07. The summed E-state index contributed by atoms with van der Waals surface area (Å²) in [6, 6.07) is -0.439. The van der Waals surface area contributed by atoms with E-state index >= 15 is 0 Å².